The predicted octanol–water partition coefficient (Wildman–Crippen LogP) is 9.43. The number of carboxylic acid groups (broad SMARTS) is 2. The Kier molecular flexibility index (Phi) is 23.8. The number of aromatic nitrogens is 8. The van der Waals surface area contributed by atoms with Crippen LogP contribution in [0.15, 0.2) is 107 Å². The van der Waals surface area contributed by atoms with Crippen molar-refractivity contribution in [3.05, 3.63) is 152 Å². The van der Waals surface area contributed by atoms with Crippen molar-refractivity contribution < 1.29 is 19.8 Å². The largest absolute Gasteiger partial charge is 0.478 e. The second-order valence-electron chi connectivity index (χ2n) is 23.4. The van der Waals surface area contributed by atoms with Gasteiger partial charge in [-0.25, -0.2) is 39.1 Å². The van der Waals surface area contributed by atoms with E-state index in [1.165, 1.54) is 0 Å². The lowest BCUT2D eigenvalue weighted by molar-refractivity contribution is -0.134. The molecule has 0 spiro atoms. The molecule has 8 rings (SSSR count). The summed E-state index contributed by atoms with van der Waals surface area (Å²) >= 11 is 0. The number of anilines is 2. The van der Waals surface area contributed by atoms with Crippen LogP contribution in [0.2, 0.25) is 0 Å². The van der Waals surface area contributed by atoms with Crippen molar-refractivity contribution in [1.82, 2.24) is 48.8 Å². The molecular weight excluding hydrogens is 1030 g/mol. The lowest BCUT2D eigenvalue weighted by atomic mass is 9.95. The first kappa shape index (κ1) is 63.7. The van der Waals surface area contributed by atoms with Gasteiger partial charge in [-0.15, -0.1) is 0 Å². The first-order valence-electron chi connectivity index (χ1n) is 29.2. The van der Waals surface area contributed by atoms with Crippen molar-refractivity contribution in [3.63, 3.8) is 0 Å². The maximum Gasteiger partial charge on any atom is 0.348 e. The van der Waals surface area contributed by atoms with Gasteiger partial charge in [-0.3, -0.25) is 18.9 Å². The monoisotopic (exact) mass is 1120 g/mol. The number of aryl methyl sites for hydroxylation is 6. The summed E-state index contributed by atoms with van der Waals surface area (Å²) in [6.07, 6.45) is 13.1. The highest BCUT2D eigenvalue weighted by molar-refractivity contribution is 5.89. The molecule has 6 heterocycles. The summed E-state index contributed by atoms with van der Waals surface area (Å²) in [6.45, 7) is 33.2. The lowest BCUT2D eigenvalue weighted by Gasteiger charge is -2.36. The zero-order valence-electron chi connectivity index (χ0n) is 50.3. The molecule has 6 aromatic rings. The van der Waals surface area contributed by atoms with Crippen LogP contribution >= 0.6 is 0 Å². The number of benzene rings is 2. The van der Waals surface area contributed by atoms with E-state index in [9.17, 15) is 19.2 Å². The molecule has 4 aromatic heterocycles. The number of carboxylic acids is 2. The number of carbonyl (C=O) groups is 2. The molecule has 2 aliphatic heterocycles. The molecule has 2 N–H and O–H groups in total. The van der Waals surface area contributed by atoms with Gasteiger partial charge in [-0.05, 0) is 88.7 Å². The molecule has 0 atom stereocenters. The van der Waals surface area contributed by atoms with Gasteiger partial charge in [-0.2, -0.15) is 9.97 Å². The molecule has 2 aromatic carbocycles. The van der Waals surface area contributed by atoms with E-state index in [1.54, 1.807) is 9.13 Å². The average Bonchev–Trinajstić information content (AvgIpc) is 3.60. The molecule has 2 aliphatic rings. The Balaban J connectivity index is 0.000000233. The molecule has 0 aliphatic carbocycles. The molecule has 18 nitrogen and oxygen atoms in total. The molecule has 2 fully saturated rings. The van der Waals surface area contributed by atoms with Crippen LogP contribution in [0.4, 0.5) is 11.6 Å². The minimum Gasteiger partial charge on any atom is -0.478 e. The molecule has 0 unspecified atom stereocenters. The number of unbranched alkanes of at least 4 members (excludes halogenated alkanes) is 2. The van der Waals surface area contributed by atoms with Crippen LogP contribution < -0.4 is 21.2 Å². The third-order valence-corrected chi connectivity index (χ3v) is 14.5. The molecule has 440 valence electrons. The predicted molar refractivity (Wildman–Crippen MR) is 327 cm³/mol. The van der Waals surface area contributed by atoms with Crippen LogP contribution in [0.3, 0.4) is 0 Å². The van der Waals surface area contributed by atoms with Gasteiger partial charge in [0.1, 0.15) is 23.3 Å². The minimum absolute atomic E-state index is 0.0569. The molecule has 18 heteroatoms. The van der Waals surface area contributed by atoms with Crippen LogP contribution in [0.25, 0.3) is 22.5 Å². The van der Waals surface area contributed by atoms with Crippen molar-refractivity contribution in [3.8, 4) is 22.5 Å². The van der Waals surface area contributed by atoms with E-state index >= 15 is 0 Å². The first-order chi connectivity index (χ1) is 39.1. The summed E-state index contributed by atoms with van der Waals surface area (Å²) in [5, 5.41) is 15.6. The maximum absolute atomic E-state index is 12.6. The van der Waals surface area contributed by atoms with Gasteiger partial charge in [-0.1, -0.05) is 117 Å². The minimum atomic E-state index is -1.26. The summed E-state index contributed by atoms with van der Waals surface area (Å²) in [5.41, 5.74) is 7.63. The summed E-state index contributed by atoms with van der Waals surface area (Å²) in [5.74, 6) is 1.51. The quantitative estimate of drug-likeness (QED) is 0.0539. The Morgan fingerprint density at radius 2 is 0.854 bits per heavy atom. The molecule has 2 saturated heterocycles. The SMILES string of the molecule is CCCc1cc(N2CCN(CCCCn3ccc(-c4ccccc4C)nc3=O)CC2)nc(C(C)(C)C)n1.CCCc1cc(N2CCN(CCCCn3ccc(-c4ccccc4C)nc3=O)CC2)nc(C(C)(C)C)n1.O=C(O)/C=C/C(=O)O. The summed E-state index contributed by atoms with van der Waals surface area (Å²) < 4.78 is 3.46. The topological polar surface area (TPSA) is 209 Å². The standard InChI is InChI=1S/2C30H42N6O.C4H4O4/c2*1-6-11-24-22-27(33-28(31-24)30(3,4)5)35-20-18-34(19-21-35)15-9-10-16-36-17-14-26(32-29(36)37)25-13-8-7-12-23(25)2;5-3(6)1-2-4(7)8/h2*7-8,12-14,17,22H,6,9-11,15-16,18-21H2,1-5H3;1-2H,(H,5,6)(H,7,8)/b;;2-1+. The summed E-state index contributed by atoms with van der Waals surface area (Å²) in [4.78, 5) is 82.3. The summed E-state index contributed by atoms with van der Waals surface area (Å²) in [6, 6.07) is 24.4. The van der Waals surface area contributed by atoms with Gasteiger partial charge < -0.3 is 20.0 Å². The Hall–Kier alpha value is -7.44. The van der Waals surface area contributed by atoms with Crippen molar-refractivity contribution in [1.29, 1.82) is 0 Å². The second-order valence-corrected chi connectivity index (χ2v) is 23.4. The molecule has 0 radical (unpaired) electrons. The van der Waals surface area contributed by atoms with Crippen LogP contribution in [0.1, 0.15) is 128 Å². The Bertz CT molecular complexity index is 2970. The van der Waals surface area contributed by atoms with Crippen molar-refractivity contribution in [2.75, 3.05) is 75.2 Å². The van der Waals surface area contributed by atoms with Crippen molar-refractivity contribution in [2.45, 2.75) is 145 Å². The second kappa shape index (κ2) is 30.6. The van der Waals surface area contributed by atoms with Gasteiger partial charge >= 0.3 is 23.3 Å². The Morgan fingerprint density at radius 3 is 1.17 bits per heavy atom. The van der Waals surface area contributed by atoms with Gasteiger partial charge in [0.2, 0.25) is 0 Å². The number of aliphatic carboxylic acids is 2. The Morgan fingerprint density at radius 1 is 0.500 bits per heavy atom. The number of rotatable bonds is 20. The van der Waals surface area contributed by atoms with Crippen LogP contribution in [0, 0.1) is 13.8 Å². The van der Waals surface area contributed by atoms with Gasteiger partial charge in [0, 0.05) is 135 Å². The van der Waals surface area contributed by atoms with Crippen LogP contribution in [0.5, 0.6) is 0 Å². The fraction of sp³-hybridized carbons (Fsp3) is 0.500. The third-order valence-electron chi connectivity index (χ3n) is 14.5. The number of hydrogen-bond acceptors (Lipinski definition) is 14. The molecule has 82 heavy (non-hydrogen) atoms. The van der Waals surface area contributed by atoms with Gasteiger partial charge in [0.25, 0.3) is 0 Å². The van der Waals surface area contributed by atoms with E-state index in [0.29, 0.717) is 25.2 Å². The number of hydrogen-bond donors (Lipinski definition) is 2. The average molecular weight is 1120 g/mol. The summed E-state index contributed by atoms with van der Waals surface area (Å²) in [7, 11) is 0. The van der Waals surface area contributed by atoms with Gasteiger partial charge in [0.15, 0.2) is 0 Å². The van der Waals surface area contributed by atoms with E-state index in [1.807, 2.05) is 86.9 Å². The van der Waals surface area contributed by atoms with E-state index in [4.69, 9.17) is 30.1 Å². The lowest BCUT2D eigenvalue weighted by Crippen LogP contribution is -2.47. The molecule has 0 saturated carbocycles. The zero-order chi connectivity index (χ0) is 59.4. The fourth-order valence-electron chi connectivity index (χ4n) is 9.73. The zero-order valence-corrected chi connectivity index (χ0v) is 50.3. The fourth-order valence-corrected chi connectivity index (χ4v) is 9.73. The molecule has 0 amide bonds. The molecular formula is C64H88N12O6. The highest BCUT2D eigenvalue weighted by Crippen LogP contribution is 2.26. The third kappa shape index (κ3) is 19.6. The maximum atomic E-state index is 12.6. The highest BCUT2D eigenvalue weighted by atomic mass is 16.4. The van der Waals surface area contributed by atoms with Gasteiger partial charge in [0.05, 0.1) is 11.4 Å². The van der Waals surface area contributed by atoms with Crippen LogP contribution in [-0.4, -0.2) is 136 Å². The van der Waals surface area contributed by atoms with E-state index in [2.05, 4.69) is 97.1 Å². The van der Waals surface area contributed by atoms with E-state index < -0.39 is 11.9 Å². The van der Waals surface area contributed by atoms with E-state index in [-0.39, 0.29) is 22.2 Å². The Labute approximate surface area is 485 Å². The van der Waals surface area contributed by atoms with Crippen LogP contribution in [-0.2, 0) is 46.4 Å². The highest BCUT2D eigenvalue weighted by Gasteiger charge is 2.25. The number of piperazine rings is 2. The molecule has 0 bridgehead atoms. The normalized spacial score (nSPS) is 14.3. The smallest absolute Gasteiger partial charge is 0.348 e. The number of nitrogens with zero attached hydrogens (tertiary/aromatic N) is 12. The van der Waals surface area contributed by atoms with Crippen molar-refractivity contribution >= 4 is 23.6 Å². The van der Waals surface area contributed by atoms with E-state index in [0.717, 1.165) is 185 Å². The van der Waals surface area contributed by atoms with Crippen molar-refractivity contribution in [2.24, 2.45) is 0 Å². The first-order valence-corrected chi connectivity index (χ1v) is 29.2.